The number of benzene rings is 2. The molecule has 3 aromatic rings. The van der Waals surface area contributed by atoms with Crippen molar-refractivity contribution in [2.24, 2.45) is 11.5 Å². The summed E-state index contributed by atoms with van der Waals surface area (Å²) < 4.78 is 17.5. The summed E-state index contributed by atoms with van der Waals surface area (Å²) in [4.78, 5) is 25.2. The molecule has 0 saturated carbocycles. The van der Waals surface area contributed by atoms with E-state index in [1.165, 1.54) is 5.56 Å². The molecular weight excluding hydrogens is 408 g/mol. The first-order valence-corrected chi connectivity index (χ1v) is 11.0. The highest BCUT2D eigenvalue weighted by Crippen LogP contribution is 2.50. The third kappa shape index (κ3) is 3.55. The fourth-order valence-electron chi connectivity index (χ4n) is 4.57. The van der Waals surface area contributed by atoms with Crippen molar-refractivity contribution in [3.8, 4) is 11.5 Å². The molecule has 1 aromatic heterocycles. The van der Waals surface area contributed by atoms with Crippen LogP contribution in [0.3, 0.4) is 0 Å². The van der Waals surface area contributed by atoms with Crippen LogP contribution < -0.4 is 20.9 Å². The Morgan fingerprint density at radius 3 is 2.22 bits per heavy atom. The molecule has 0 bridgehead atoms. The molecule has 0 saturated heterocycles. The van der Waals surface area contributed by atoms with E-state index in [9.17, 15) is 9.59 Å². The van der Waals surface area contributed by atoms with Crippen LogP contribution in [-0.2, 0) is 21.4 Å². The molecule has 170 valence electrons. The summed E-state index contributed by atoms with van der Waals surface area (Å²) in [6, 6.07) is 2.42. The van der Waals surface area contributed by atoms with Gasteiger partial charge in [0, 0.05) is 10.8 Å². The standard InChI is InChI=1S/C25H30N2O5/c1-12-11-30-20-16-8-9-17-15(7-6-10-25(17,4)5)19(16)22(32-24(29)14(3)27)21(18(12)20)31-23(28)13(2)26/h8-9,11,13-14H,6-7,10,26-27H2,1-5H3. The van der Waals surface area contributed by atoms with Crippen molar-refractivity contribution in [1.29, 1.82) is 0 Å². The normalized spacial score (nSPS) is 17.1. The number of nitrogens with two attached hydrogens (primary N) is 2. The Hall–Kier alpha value is -2.90. The van der Waals surface area contributed by atoms with E-state index < -0.39 is 24.0 Å². The van der Waals surface area contributed by atoms with Crippen LogP contribution >= 0.6 is 0 Å². The summed E-state index contributed by atoms with van der Waals surface area (Å²) in [6.07, 6.45) is 4.46. The summed E-state index contributed by atoms with van der Waals surface area (Å²) in [5.41, 5.74) is 15.1. The summed E-state index contributed by atoms with van der Waals surface area (Å²) in [5, 5.41) is 2.10. The van der Waals surface area contributed by atoms with Gasteiger partial charge in [-0.15, -0.1) is 0 Å². The van der Waals surface area contributed by atoms with Crippen LogP contribution in [0.5, 0.6) is 11.5 Å². The lowest BCUT2D eigenvalue weighted by atomic mass is 9.71. The molecule has 32 heavy (non-hydrogen) atoms. The smallest absolute Gasteiger partial charge is 0.328 e. The molecule has 2 aromatic carbocycles. The minimum absolute atomic E-state index is 0.0408. The fourth-order valence-corrected chi connectivity index (χ4v) is 4.57. The largest absolute Gasteiger partial charge is 0.463 e. The van der Waals surface area contributed by atoms with Crippen LogP contribution in [0.15, 0.2) is 22.8 Å². The quantitative estimate of drug-likeness (QED) is 0.467. The first kappa shape index (κ1) is 22.3. The maximum absolute atomic E-state index is 12.6. The van der Waals surface area contributed by atoms with Crippen molar-refractivity contribution in [3.05, 3.63) is 35.1 Å². The maximum Gasteiger partial charge on any atom is 0.328 e. The van der Waals surface area contributed by atoms with Gasteiger partial charge in [0.2, 0.25) is 0 Å². The highest BCUT2D eigenvalue weighted by Gasteiger charge is 2.33. The van der Waals surface area contributed by atoms with E-state index >= 15 is 0 Å². The van der Waals surface area contributed by atoms with Gasteiger partial charge in [-0.1, -0.05) is 26.0 Å². The lowest BCUT2D eigenvalue weighted by Gasteiger charge is -2.33. The zero-order valence-electron chi connectivity index (χ0n) is 19.2. The molecule has 0 amide bonds. The third-order valence-corrected chi connectivity index (χ3v) is 6.30. The maximum atomic E-state index is 12.6. The average molecular weight is 439 g/mol. The second-order valence-electron chi connectivity index (χ2n) is 9.45. The van der Waals surface area contributed by atoms with Gasteiger partial charge in [-0.25, -0.2) is 9.59 Å². The molecule has 7 heteroatoms. The number of fused-ring (bicyclic) bond motifs is 5. The molecule has 2 unspecified atom stereocenters. The molecule has 1 aliphatic rings. The molecule has 0 fully saturated rings. The SMILES string of the molecule is Cc1coc2c1c(OC(=O)C(C)N)c(OC(=O)C(C)N)c1c3c(ccc12)C(C)(C)CCC3. The molecule has 1 aliphatic carbocycles. The molecular formula is C25H30N2O5. The van der Waals surface area contributed by atoms with Gasteiger partial charge in [-0.3, -0.25) is 0 Å². The van der Waals surface area contributed by atoms with E-state index in [1.54, 1.807) is 20.1 Å². The number of carbonyl (C=O) groups is 2. The molecule has 4 N–H and O–H groups in total. The van der Waals surface area contributed by atoms with Crippen LogP contribution in [0.25, 0.3) is 21.7 Å². The van der Waals surface area contributed by atoms with Crippen LogP contribution in [0, 0.1) is 6.92 Å². The highest BCUT2D eigenvalue weighted by molar-refractivity contribution is 6.15. The van der Waals surface area contributed by atoms with E-state index in [0.717, 1.165) is 41.2 Å². The van der Waals surface area contributed by atoms with Crippen molar-refractivity contribution in [1.82, 2.24) is 0 Å². The van der Waals surface area contributed by atoms with E-state index in [1.807, 2.05) is 13.0 Å². The van der Waals surface area contributed by atoms with E-state index in [2.05, 4.69) is 19.9 Å². The molecule has 0 aliphatic heterocycles. The van der Waals surface area contributed by atoms with Gasteiger partial charge in [-0.05, 0) is 62.1 Å². The predicted octanol–water partition coefficient (Wildman–Crippen LogP) is 4.01. The summed E-state index contributed by atoms with van der Waals surface area (Å²) >= 11 is 0. The van der Waals surface area contributed by atoms with Crippen LogP contribution in [0.1, 0.15) is 57.2 Å². The van der Waals surface area contributed by atoms with Gasteiger partial charge in [-0.2, -0.15) is 0 Å². The number of hydrogen-bond acceptors (Lipinski definition) is 7. The third-order valence-electron chi connectivity index (χ3n) is 6.30. The lowest BCUT2D eigenvalue weighted by molar-refractivity contribution is -0.138. The minimum atomic E-state index is -0.853. The first-order valence-electron chi connectivity index (χ1n) is 11.0. The van der Waals surface area contributed by atoms with Crippen molar-refractivity contribution >= 4 is 33.7 Å². The van der Waals surface area contributed by atoms with Gasteiger partial charge < -0.3 is 25.4 Å². The zero-order chi connectivity index (χ0) is 23.4. The summed E-state index contributed by atoms with van der Waals surface area (Å²) in [6.45, 7) is 9.35. The number of aryl methyl sites for hydroxylation is 2. The Kier molecular flexibility index (Phi) is 5.51. The molecule has 0 spiro atoms. The van der Waals surface area contributed by atoms with Gasteiger partial charge in [0.1, 0.15) is 17.7 Å². The number of esters is 2. The Bertz CT molecular complexity index is 1240. The van der Waals surface area contributed by atoms with Crippen molar-refractivity contribution in [2.45, 2.75) is 71.4 Å². The van der Waals surface area contributed by atoms with Gasteiger partial charge in [0.15, 0.2) is 11.5 Å². The molecule has 7 nitrogen and oxygen atoms in total. The number of furan rings is 1. The number of hydrogen-bond donors (Lipinski definition) is 2. The Morgan fingerprint density at radius 1 is 1.03 bits per heavy atom. The van der Waals surface area contributed by atoms with Gasteiger partial charge in [0.05, 0.1) is 11.6 Å². The number of carbonyl (C=O) groups excluding carboxylic acids is 2. The minimum Gasteiger partial charge on any atom is -0.463 e. The topological polar surface area (TPSA) is 118 Å². The molecule has 4 rings (SSSR count). The van der Waals surface area contributed by atoms with Gasteiger partial charge in [0.25, 0.3) is 0 Å². The Labute approximate surface area is 187 Å². The Morgan fingerprint density at radius 2 is 1.62 bits per heavy atom. The van der Waals surface area contributed by atoms with Crippen LogP contribution in [0.2, 0.25) is 0 Å². The fraction of sp³-hybridized carbons (Fsp3) is 0.440. The van der Waals surface area contributed by atoms with Crippen LogP contribution in [0.4, 0.5) is 0 Å². The number of rotatable bonds is 4. The van der Waals surface area contributed by atoms with Crippen molar-refractivity contribution in [2.75, 3.05) is 0 Å². The molecule has 1 heterocycles. The predicted molar refractivity (Wildman–Crippen MR) is 123 cm³/mol. The molecule has 2 atom stereocenters. The van der Waals surface area contributed by atoms with Crippen molar-refractivity contribution in [3.63, 3.8) is 0 Å². The zero-order valence-corrected chi connectivity index (χ0v) is 19.2. The second kappa shape index (κ2) is 7.90. The van der Waals surface area contributed by atoms with E-state index in [-0.39, 0.29) is 16.9 Å². The monoisotopic (exact) mass is 438 g/mol. The number of ether oxygens (including phenoxy) is 2. The molecule has 0 radical (unpaired) electrons. The Balaban J connectivity index is 2.15. The van der Waals surface area contributed by atoms with E-state index in [4.69, 9.17) is 25.4 Å². The van der Waals surface area contributed by atoms with Gasteiger partial charge >= 0.3 is 11.9 Å². The average Bonchev–Trinajstić information content (AvgIpc) is 3.10. The first-order chi connectivity index (χ1) is 15.0. The second-order valence-corrected chi connectivity index (χ2v) is 9.45. The van der Waals surface area contributed by atoms with E-state index in [0.29, 0.717) is 11.0 Å². The van der Waals surface area contributed by atoms with Crippen molar-refractivity contribution < 1.29 is 23.5 Å². The highest BCUT2D eigenvalue weighted by atomic mass is 16.6. The summed E-state index contributed by atoms with van der Waals surface area (Å²) in [5.74, 6) is -0.901. The lowest BCUT2D eigenvalue weighted by Crippen LogP contribution is -2.33. The summed E-state index contributed by atoms with van der Waals surface area (Å²) in [7, 11) is 0. The van der Waals surface area contributed by atoms with Crippen LogP contribution in [-0.4, -0.2) is 24.0 Å².